The summed E-state index contributed by atoms with van der Waals surface area (Å²) in [4.78, 5) is 22.7. The van der Waals surface area contributed by atoms with Gasteiger partial charge in [0.05, 0.1) is 18.3 Å². The molecular weight excluding hydrogens is 272 g/mol. The number of aliphatic carboxylic acids is 1. The van der Waals surface area contributed by atoms with E-state index < -0.39 is 5.97 Å². The molecule has 1 heterocycles. The molecule has 1 aromatic carbocycles. The van der Waals surface area contributed by atoms with E-state index in [-0.39, 0.29) is 18.9 Å². The lowest BCUT2D eigenvalue weighted by atomic mass is 10.1. The summed E-state index contributed by atoms with van der Waals surface area (Å²) in [5.41, 5.74) is 3.13. The second-order valence-corrected chi connectivity index (χ2v) is 4.82. The maximum Gasteiger partial charge on any atom is 0.309 e. The Hall–Kier alpha value is -2.70. The van der Waals surface area contributed by atoms with Crippen molar-refractivity contribution in [1.29, 1.82) is 0 Å². The van der Waals surface area contributed by atoms with E-state index in [4.69, 9.17) is 5.11 Å². The summed E-state index contributed by atoms with van der Waals surface area (Å²) in [7, 11) is 0. The van der Waals surface area contributed by atoms with Crippen LogP contribution in [0.4, 0.5) is 5.69 Å². The third-order valence-corrected chi connectivity index (χ3v) is 2.99. The fourth-order valence-electron chi connectivity index (χ4n) is 1.90. The van der Waals surface area contributed by atoms with Crippen LogP contribution in [0.1, 0.15) is 16.8 Å². The van der Waals surface area contributed by atoms with Gasteiger partial charge in [-0.25, -0.2) is 4.68 Å². The highest BCUT2D eigenvalue weighted by Crippen LogP contribution is 2.16. The summed E-state index contributed by atoms with van der Waals surface area (Å²) < 4.78 is 1.29. The van der Waals surface area contributed by atoms with Crippen LogP contribution in [0.3, 0.4) is 0 Å². The van der Waals surface area contributed by atoms with Crippen molar-refractivity contribution < 1.29 is 14.7 Å². The average molecular weight is 288 g/mol. The maximum atomic E-state index is 12.0. The van der Waals surface area contributed by atoms with E-state index in [1.807, 2.05) is 32.0 Å². The van der Waals surface area contributed by atoms with Gasteiger partial charge >= 0.3 is 5.97 Å². The molecule has 1 amide bonds. The Balaban J connectivity index is 2.07. The minimum absolute atomic E-state index is 0.0734. The number of carbonyl (C=O) groups excluding carboxylic acids is 1. The molecule has 0 aliphatic heterocycles. The summed E-state index contributed by atoms with van der Waals surface area (Å²) in [6.45, 7) is 3.77. The Morgan fingerprint density at radius 1 is 1.33 bits per heavy atom. The number of carboxylic acid groups (broad SMARTS) is 1. The van der Waals surface area contributed by atoms with Crippen molar-refractivity contribution in [3.8, 4) is 0 Å². The first kappa shape index (κ1) is 14.7. The zero-order valence-corrected chi connectivity index (χ0v) is 11.8. The second kappa shape index (κ2) is 6.17. The van der Waals surface area contributed by atoms with E-state index in [9.17, 15) is 9.59 Å². The normalized spacial score (nSPS) is 10.4. The number of anilines is 1. The molecule has 1 aromatic heterocycles. The maximum absolute atomic E-state index is 12.0. The number of hydrogen-bond donors (Lipinski definition) is 2. The van der Waals surface area contributed by atoms with Crippen LogP contribution in [0.2, 0.25) is 0 Å². The number of amides is 1. The summed E-state index contributed by atoms with van der Waals surface area (Å²) in [6.07, 6.45) is 1.13. The van der Waals surface area contributed by atoms with Gasteiger partial charge in [0.1, 0.15) is 6.54 Å². The first-order valence-electron chi connectivity index (χ1n) is 6.42. The summed E-state index contributed by atoms with van der Waals surface area (Å²) in [6, 6.07) is 5.77. The largest absolute Gasteiger partial charge is 0.481 e. The molecule has 2 rings (SSSR count). The molecule has 2 N–H and O–H groups in total. The molecule has 7 nitrogen and oxygen atoms in total. The number of benzene rings is 1. The van der Waals surface area contributed by atoms with Crippen molar-refractivity contribution in [1.82, 2.24) is 15.0 Å². The molecule has 0 bridgehead atoms. The predicted octanol–water partition coefficient (Wildman–Crippen LogP) is 1.16. The molecule has 2 aromatic rings. The molecular formula is C14H16N4O3. The number of nitrogens with one attached hydrogen (secondary N) is 1. The summed E-state index contributed by atoms with van der Waals surface area (Å²) in [5, 5.41) is 18.9. The van der Waals surface area contributed by atoms with E-state index in [2.05, 4.69) is 15.6 Å². The number of nitrogens with zero attached hydrogens (tertiary/aromatic N) is 3. The van der Waals surface area contributed by atoms with Crippen molar-refractivity contribution in [3.05, 3.63) is 41.2 Å². The highest BCUT2D eigenvalue weighted by Gasteiger charge is 2.12. The number of rotatable bonds is 5. The molecule has 0 aliphatic rings. The molecule has 0 atom stereocenters. The van der Waals surface area contributed by atoms with Crippen LogP contribution in [0.25, 0.3) is 0 Å². The van der Waals surface area contributed by atoms with Crippen molar-refractivity contribution in [2.45, 2.75) is 26.8 Å². The predicted molar refractivity (Wildman–Crippen MR) is 75.9 cm³/mol. The Morgan fingerprint density at radius 3 is 2.81 bits per heavy atom. The number of aryl methyl sites for hydroxylation is 2. The van der Waals surface area contributed by atoms with E-state index in [0.717, 1.165) is 16.8 Å². The number of carboxylic acids is 1. The molecule has 0 saturated carbocycles. The molecule has 110 valence electrons. The topological polar surface area (TPSA) is 97.1 Å². The van der Waals surface area contributed by atoms with Crippen molar-refractivity contribution in [2.24, 2.45) is 0 Å². The summed E-state index contributed by atoms with van der Waals surface area (Å²) in [5.74, 6) is -1.27. The van der Waals surface area contributed by atoms with Crippen LogP contribution in [-0.2, 0) is 22.6 Å². The third kappa shape index (κ3) is 3.88. The molecule has 21 heavy (non-hydrogen) atoms. The Kier molecular flexibility index (Phi) is 4.32. The first-order valence-corrected chi connectivity index (χ1v) is 6.42. The van der Waals surface area contributed by atoms with Gasteiger partial charge < -0.3 is 10.4 Å². The van der Waals surface area contributed by atoms with Gasteiger partial charge in [0.2, 0.25) is 5.91 Å². The minimum Gasteiger partial charge on any atom is -0.481 e. The number of hydrogen-bond acceptors (Lipinski definition) is 4. The second-order valence-electron chi connectivity index (χ2n) is 4.82. The lowest BCUT2D eigenvalue weighted by Gasteiger charge is -2.10. The fraction of sp³-hybridized carbons (Fsp3) is 0.286. The monoisotopic (exact) mass is 288 g/mol. The molecule has 0 aliphatic carbocycles. The zero-order valence-electron chi connectivity index (χ0n) is 11.8. The minimum atomic E-state index is -0.992. The molecule has 0 radical (unpaired) electrons. The smallest absolute Gasteiger partial charge is 0.309 e. The van der Waals surface area contributed by atoms with Crippen LogP contribution < -0.4 is 5.32 Å². The van der Waals surface area contributed by atoms with Crippen LogP contribution in [-0.4, -0.2) is 32.0 Å². The van der Waals surface area contributed by atoms with Gasteiger partial charge in [0.15, 0.2) is 0 Å². The van der Waals surface area contributed by atoms with Gasteiger partial charge in [-0.2, -0.15) is 0 Å². The Labute approximate surface area is 121 Å². The van der Waals surface area contributed by atoms with Crippen molar-refractivity contribution in [3.63, 3.8) is 0 Å². The zero-order chi connectivity index (χ0) is 15.4. The SMILES string of the molecule is Cc1ccc(C)c(NC(=O)Cn2nncc2CC(=O)O)c1. The van der Waals surface area contributed by atoms with E-state index in [1.165, 1.54) is 10.9 Å². The fourth-order valence-corrected chi connectivity index (χ4v) is 1.90. The first-order chi connectivity index (χ1) is 9.95. The average Bonchev–Trinajstić information content (AvgIpc) is 2.80. The van der Waals surface area contributed by atoms with Crippen LogP contribution in [0.5, 0.6) is 0 Å². The van der Waals surface area contributed by atoms with Gasteiger partial charge in [-0.3, -0.25) is 9.59 Å². The molecule has 0 unspecified atom stereocenters. The standard InChI is InChI=1S/C14H16N4O3/c1-9-3-4-10(2)12(5-9)16-13(19)8-18-11(6-14(20)21)7-15-17-18/h3-5,7H,6,8H2,1-2H3,(H,16,19)(H,20,21). The third-order valence-electron chi connectivity index (χ3n) is 2.99. The van der Waals surface area contributed by atoms with Crippen LogP contribution >= 0.6 is 0 Å². The van der Waals surface area contributed by atoms with E-state index >= 15 is 0 Å². The number of aromatic nitrogens is 3. The van der Waals surface area contributed by atoms with Gasteiger partial charge in [-0.1, -0.05) is 17.3 Å². The quantitative estimate of drug-likeness (QED) is 0.860. The molecule has 0 saturated heterocycles. The Bertz CT molecular complexity index is 679. The number of carbonyl (C=O) groups is 2. The highest BCUT2D eigenvalue weighted by atomic mass is 16.4. The van der Waals surface area contributed by atoms with Crippen LogP contribution in [0.15, 0.2) is 24.4 Å². The van der Waals surface area contributed by atoms with Crippen molar-refractivity contribution in [2.75, 3.05) is 5.32 Å². The van der Waals surface area contributed by atoms with Gasteiger partial charge in [0.25, 0.3) is 0 Å². The lowest BCUT2D eigenvalue weighted by Crippen LogP contribution is -2.22. The molecule has 0 fully saturated rings. The van der Waals surface area contributed by atoms with Gasteiger partial charge in [-0.05, 0) is 31.0 Å². The molecule has 0 spiro atoms. The summed E-state index contributed by atoms with van der Waals surface area (Å²) >= 11 is 0. The van der Waals surface area contributed by atoms with Gasteiger partial charge in [-0.15, -0.1) is 5.10 Å². The lowest BCUT2D eigenvalue weighted by molar-refractivity contribution is -0.136. The highest BCUT2D eigenvalue weighted by molar-refractivity contribution is 5.91. The van der Waals surface area contributed by atoms with E-state index in [0.29, 0.717) is 5.69 Å². The Morgan fingerprint density at radius 2 is 2.10 bits per heavy atom. The van der Waals surface area contributed by atoms with E-state index in [1.54, 1.807) is 0 Å². The molecule has 7 heteroatoms. The van der Waals surface area contributed by atoms with Crippen molar-refractivity contribution >= 4 is 17.6 Å². The van der Waals surface area contributed by atoms with Gasteiger partial charge in [0, 0.05) is 5.69 Å². The van der Waals surface area contributed by atoms with Crippen LogP contribution in [0, 0.1) is 13.8 Å².